The van der Waals surface area contributed by atoms with Gasteiger partial charge in [0.25, 0.3) is 0 Å². The first-order valence-electron chi connectivity index (χ1n) is 4.47. The second-order valence-electron chi connectivity index (χ2n) is 3.26. The Kier molecular flexibility index (Phi) is 3.94. The van der Waals surface area contributed by atoms with Gasteiger partial charge in [-0.15, -0.1) is 0 Å². The molecular weight excluding hydrogens is 467 g/mol. The number of hydrogen-bond donors (Lipinski definition) is 1. The Morgan fingerprint density at radius 1 is 1.18 bits per heavy atom. The molecule has 0 fully saturated rings. The minimum atomic E-state index is -1.55. The van der Waals surface area contributed by atoms with E-state index in [1.165, 1.54) is 0 Å². The predicted molar refractivity (Wildman–Crippen MR) is 79.7 cm³/mol. The largest absolute Gasteiger partial charge is 0.478 e. The zero-order valence-electron chi connectivity index (χ0n) is 8.21. The van der Waals surface area contributed by atoms with Gasteiger partial charge in [0.2, 0.25) is 0 Å². The van der Waals surface area contributed by atoms with Gasteiger partial charge in [0, 0.05) is 8.95 Å². The number of hydrogen-bond acceptors (Lipinski definition) is 2. The third kappa shape index (κ3) is 2.30. The lowest BCUT2D eigenvalue weighted by atomic mass is 10.0. The second kappa shape index (κ2) is 5.11. The van der Waals surface area contributed by atoms with E-state index in [-0.39, 0.29) is 5.56 Å². The van der Waals surface area contributed by atoms with Gasteiger partial charge in [0.15, 0.2) is 21.2 Å². The summed E-state index contributed by atoms with van der Waals surface area (Å²) in [5.41, 5.74) is 0.124. The van der Waals surface area contributed by atoms with E-state index in [9.17, 15) is 13.0 Å². The van der Waals surface area contributed by atoms with E-state index in [1.54, 1.807) is 18.2 Å². The van der Waals surface area contributed by atoms with Gasteiger partial charge >= 0.3 is 5.97 Å². The number of aromatic carboxylic acids is 1. The van der Waals surface area contributed by atoms with Crippen molar-refractivity contribution in [2.45, 2.75) is 0 Å². The van der Waals surface area contributed by atoms with Crippen LogP contribution in [0.3, 0.4) is 0 Å². The maximum absolute atomic E-state index is 11.3. The van der Waals surface area contributed by atoms with Gasteiger partial charge in [-0.2, -0.15) is 0 Å². The molecule has 0 heterocycles. The molecule has 0 aliphatic carbocycles. The summed E-state index contributed by atoms with van der Waals surface area (Å²) in [6, 6.07) is 7.11. The lowest BCUT2D eigenvalue weighted by molar-refractivity contribution is 0.0698. The third-order valence-corrected chi connectivity index (χ3v) is 5.93. The van der Waals surface area contributed by atoms with Crippen molar-refractivity contribution in [1.82, 2.24) is 0 Å². The Morgan fingerprint density at radius 3 is 2.47 bits per heavy atom. The van der Waals surface area contributed by atoms with E-state index in [0.717, 1.165) is 9.86 Å². The monoisotopic (exact) mass is 470 g/mol. The zero-order chi connectivity index (χ0) is 12.6. The Balaban J connectivity index is 3.03. The van der Waals surface area contributed by atoms with Gasteiger partial charge in [-0.3, -0.25) is 3.07 Å². The fraction of sp³-hybridized carbons (Fsp3) is 0. The van der Waals surface area contributed by atoms with Crippen LogP contribution in [0.4, 0.5) is 0 Å². The summed E-state index contributed by atoms with van der Waals surface area (Å²) >= 11 is 5.11. The van der Waals surface area contributed by atoms with Gasteiger partial charge in [-0.25, -0.2) is 4.79 Å². The summed E-state index contributed by atoms with van der Waals surface area (Å²) in [6.07, 6.45) is 0. The van der Waals surface area contributed by atoms with Crippen molar-refractivity contribution >= 4 is 69.8 Å². The standard InChI is InChI=1S/C11H5Br2IO3/c12-7-3-1-2-5-6(7)4-8(13)10(14-17)9(5)11(15)16/h1-4H,(H,15,16). The van der Waals surface area contributed by atoms with Crippen LogP contribution in [0.25, 0.3) is 10.8 Å². The van der Waals surface area contributed by atoms with Crippen molar-refractivity contribution in [2.75, 3.05) is 0 Å². The molecule has 0 saturated carbocycles. The highest BCUT2D eigenvalue weighted by Crippen LogP contribution is 2.35. The Hall–Kier alpha value is -0.340. The molecule has 0 aromatic heterocycles. The average Bonchev–Trinajstić information content (AvgIpc) is 2.28. The van der Waals surface area contributed by atoms with Crippen LogP contribution in [0.1, 0.15) is 10.4 Å². The highest BCUT2D eigenvalue weighted by atomic mass is 127. The van der Waals surface area contributed by atoms with Crippen molar-refractivity contribution in [2.24, 2.45) is 0 Å². The highest BCUT2D eigenvalue weighted by Gasteiger charge is 2.19. The molecule has 0 aliphatic rings. The summed E-state index contributed by atoms with van der Waals surface area (Å²) in [4.78, 5) is 11.3. The summed E-state index contributed by atoms with van der Waals surface area (Å²) < 4.78 is 13.0. The summed E-state index contributed by atoms with van der Waals surface area (Å²) in [5, 5.41) is 10.6. The number of halogens is 3. The Morgan fingerprint density at radius 2 is 1.88 bits per heavy atom. The maximum Gasteiger partial charge on any atom is 0.337 e. The van der Waals surface area contributed by atoms with Crippen molar-refractivity contribution in [3.8, 4) is 0 Å². The molecule has 88 valence electrons. The molecule has 2 aromatic carbocycles. The SMILES string of the molecule is O=Ic1c(Br)cc2c(Br)cccc2c1C(=O)O. The van der Waals surface area contributed by atoms with E-state index in [2.05, 4.69) is 31.9 Å². The molecular formula is C11H5Br2IO3. The molecule has 17 heavy (non-hydrogen) atoms. The van der Waals surface area contributed by atoms with E-state index in [4.69, 9.17) is 0 Å². The minimum absolute atomic E-state index is 0.124. The van der Waals surface area contributed by atoms with Crippen LogP contribution in [-0.2, 0) is 3.07 Å². The Labute approximate surface area is 124 Å². The lowest BCUT2D eigenvalue weighted by Gasteiger charge is -2.08. The van der Waals surface area contributed by atoms with E-state index in [0.29, 0.717) is 13.4 Å². The van der Waals surface area contributed by atoms with Gasteiger partial charge in [-0.05, 0) is 38.8 Å². The molecule has 2 aromatic rings. The first-order valence-corrected chi connectivity index (χ1v) is 8.02. The third-order valence-electron chi connectivity index (χ3n) is 2.31. The molecule has 0 aliphatic heterocycles. The summed E-state index contributed by atoms with van der Waals surface area (Å²) in [5.74, 6) is -1.06. The lowest BCUT2D eigenvalue weighted by Crippen LogP contribution is -2.02. The van der Waals surface area contributed by atoms with Crippen LogP contribution in [0.2, 0.25) is 0 Å². The normalized spacial score (nSPS) is 10.7. The number of rotatable bonds is 2. The molecule has 6 heteroatoms. The first-order chi connectivity index (χ1) is 8.06. The first kappa shape index (κ1) is 13.1. The molecule has 0 amide bonds. The molecule has 0 saturated heterocycles. The fourth-order valence-corrected chi connectivity index (χ4v) is 4.04. The van der Waals surface area contributed by atoms with Crippen LogP contribution in [0.5, 0.6) is 0 Å². The fourth-order valence-electron chi connectivity index (χ4n) is 1.61. The second-order valence-corrected chi connectivity index (χ2v) is 6.49. The molecule has 0 bridgehead atoms. The van der Waals surface area contributed by atoms with E-state index in [1.807, 2.05) is 6.07 Å². The summed E-state index contributed by atoms with van der Waals surface area (Å²) in [6.45, 7) is 0. The van der Waals surface area contributed by atoms with E-state index < -0.39 is 27.2 Å². The van der Waals surface area contributed by atoms with Gasteiger partial charge < -0.3 is 5.11 Å². The quantitative estimate of drug-likeness (QED) is 0.654. The highest BCUT2D eigenvalue weighted by molar-refractivity contribution is 14.1. The number of carboxylic acids is 1. The van der Waals surface area contributed by atoms with Crippen molar-refractivity contribution in [1.29, 1.82) is 0 Å². The van der Waals surface area contributed by atoms with Crippen LogP contribution >= 0.6 is 53.1 Å². The van der Waals surface area contributed by atoms with Gasteiger partial charge in [0.05, 0.1) is 9.13 Å². The molecule has 0 atom stereocenters. The number of benzene rings is 2. The topological polar surface area (TPSA) is 54.4 Å². The molecule has 3 nitrogen and oxygen atoms in total. The van der Waals surface area contributed by atoms with Crippen LogP contribution in [0.15, 0.2) is 33.2 Å². The molecule has 1 N–H and O–H groups in total. The smallest absolute Gasteiger partial charge is 0.337 e. The van der Waals surface area contributed by atoms with Crippen molar-refractivity contribution in [3.05, 3.63) is 42.3 Å². The van der Waals surface area contributed by atoms with Crippen molar-refractivity contribution < 1.29 is 13.0 Å². The van der Waals surface area contributed by atoms with Crippen LogP contribution < -0.4 is 0 Å². The molecule has 0 unspecified atom stereocenters. The molecule has 0 spiro atoms. The Bertz CT molecular complexity index is 640. The van der Waals surface area contributed by atoms with Gasteiger partial charge in [-0.1, -0.05) is 28.1 Å². The molecule has 0 radical (unpaired) electrons. The zero-order valence-corrected chi connectivity index (χ0v) is 13.5. The number of carboxylic acid groups (broad SMARTS) is 1. The van der Waals surface area contributed by atoms with Crippen LogP contribution in [-0.4, -0.2) is 11.1 Å². The van der Waals surface area contributed by atoms with Gasteiger partial charge in [0.1, 0.15) is 0 Å². The van der Waals surface area contributed by atoms with Crippen molar-refractivity contribution in [3.63, 3.8) is 0 Å². The number of fused-ring (bicyclic) bond motifs is 1. The molecule has 2 rings (SSSR count). The summed E-state index contributed by atoms with van der Waals surface area (Å²) in [7, 11) is 0. The maximum atomic E-state index is 11.3. The number of carbonyl (C=O) groups is 1. The minimum Gasteiger partial charge on any atom is -0.478 e. The average molecular weight is 472 g/mol. The predicted octanol–water partition coefficient (Wildman–Crippen LogP) is 4.55. The van der Waals surface area contributed by atoms with Crippen LogP contribution in [0, 0.1) is 3.57 Å². The van der Waals surface area contributed by atoms with E-state index >= 15 is 0 Å².